The Morgan fingerprint density at radius 2 is 1.73 bits per heavy atom. The second-order valence-corrected chi connectivity index (χ2v) is 11.1. The second-order valence-electron chi connectivity index (χ2n) is 10.6. The van der Waals surface area contributed by atoms with Gasteiger partial charge in [-0.15, -0.1) is 0 Å². The summed E-state index contributed by atoms with van der Waals surface area (Å²) in [6.07, 6.45) is 2.53. The van der Waals surface area contributed by atoms with E-state index in [0.29, 0.717) is 29.1 Å². The van der Waals surface area contributed by atoms with E-state index >= 15 is 0 Å². The third kappa shape index (κ3) is 5.77. The van der Waals surface area contributed by atoms with Crippen molar-refractivity contribution in [3.05, 3.63) is 123 Å². The van der Waals surface area contributed by atoms with Gasteiger partial charge in [-0.3, -0.25) is 19.2 Å². The van der Waals surface area contributed by atoms with Gasteiger partial charge in [0.05, 0.1) is 22.9 Å². The number of Topliss-reactive ketones (excluding diaryl/α,β-unsaturated/α-hetero) is 1. The Labute approximate surface area is 261 Å². The molecule has 3 aromatic carbocycles. The molecule has 0 bridgehead atoms. The summed E-state index contributed by atoms with van der Waals surface area (Å²) < 4.78 is 15.0. The lowest BCUT2D eigenvalue weighted by Crippen LogP contribution is -2.30. The van der Waals surface area contributed by atoms with Crippen molar-refractivity contribution in [3.63, 3.8) is 0 Å². The van der Waals surface area contributed by atoms with Crippen LogP contribution < -0.4 is 16.0 Å². The van der Waals surface area contributed by atoms with Gasteiger partial charge in [0.1, 0.15) is 22.8 Å². The second kappa shape index (κ2) is 11.9. The van der Waals surface area contributed by atoms with E-state index in [1.807, 2.05) is 13.0 Å². The quantitative estimate of drug-likeness (QED) is 0.191. The number of nitrogens with one attached hydrogen (secondary N) is 3. The first-order valence-corrected chi connectivity index (χ1v) is 14.4. The number of carbonyl (C=O) groups excluding carboxylic acids is 4. The Hall–Kier alpha value is -5.42. The molecule has 1 atom stereocenters. The van der Waals surface area contributed by atoms with E-state index in [0.717, 1.165) is 22.8 Å². The van der Waals surface area contributed by atoms with E-state index in [1.54, 1.807) is 30.3 Å². The monoisotopic (exact) mass is 624 g/mol. The average molecular weight is 625 g/mol. The first-order valence-electron chi connectivity index (χ1n) is 14.1. The van der Waals surface area contributed by atoms with Crippen molar-refractivity contribution in [1.29, 1.82) is 0 Å². The number of halogens is 2. The molecule has 1 aliphatic rings. The van der Waals surface area contributed by atoms with Gasteiger partial charge in [-0.25, -0.2) is 13.9 Å². The van der Waals surface area contributed by atoms with Crippen LogP contribution in [0.5, 0.6) is 0 Å². The summed E-state index contributed by atoms with van der Waals surface area (Å²) in [4.78, 5) is 56.9. The summed E-state index contributed by atoms with van der Waals surface area (Å²) in [7, 11) is 0. The van der Waals surface area contributed by atoms with Crippen molar-refractivity contribution in [2.24, 2.45) is 0 Å². The van der Waals surface area contributed by atoms with Crippen LogP contribution in [0.25, 0.3) is 5.65 Å². The lowest BCUT2D eigenvalue weighted by Gasteiger charge is -2.16. The van der Waals surface area contributed by atoms with Crippen LogP contribution in [0.3, 0.4) is 0 Å². The highest BCUT2D eigenvalue weighted by atomic mass is 35.5. The number of aromatic nitrogens is 3. The van der Waals surface area contributed by atoms with Gasteiger partial charge in [0, 0.05) is 17.3 Å². The average Bonchev–Trinajstić information content (AvgIpc) is 3.62. The number of hydrogen-bond donors (Lipinski definition) is 3. The number of carbonyl (C=O) groups is 4. The van der Waals surface area contributed by atoms with Crippen LogP contribution in [0, 0.1) is 12.7 Å². The van der Waals surface area contributed by atoms with Gasteiger partial charge < -0.3 is 16.0 Å². The highest BCUT2D eigenvalue weighted by Crippen LogP contribution is 2.35. The topological polar surface area (TPSA) is 135 Å². The van der Waals surface area contributed by atoms with Crippen molar-refractivity contribution < 1.29 is 23.6 Å². The molecule has 0 fully saturated rings. The number of benzene rings is 3. The zero-order valence-electron chi connectivity index (χ0n) is 24.2. The number of para-hydroxylation sites is 1. The SMILES string of the molecule is CC(=O)c1ccc2c(c1C)CC[C@@H]2NC(=O)c1cc(C(=O)Nc2cccc(F)c2)nc2c(C(=O)Nc3ccccc3Cl)cnn12. The molecule has 0 radical (unpaired) electrons. The van der Waals surface area contributed by atoms with Crippen LogP contribution in [0.2, 0.25) is 5.02 Å². The van der Waals surface area contributed by atoms with Crippen LogP contribution in [0.15, 0.2) is 72.9 Å². The van der Waals surface area contributed by atoms with Crippen LogP contribution in [0.1, 0.15) is 77.8 Å². The maximum absolute atomic E-state index is 13.8. The Morgan fingerprint density at radius 3 is 2.49 bits per heavy atom. The number of amides is 3. The molecule has 3 amide bonds. The highest BCUT2D eigenvalue weighted by molar-refractivity contribution is 6.34. The predicted octanol–water partition coefficient (Wildman–Crippen LogP) is 5.95. The van der Waals surface area contributed by atoms with E-state index in [1.165, 1.54) is 41.9 Å². The zero-order valence-corrected chi connectivity index (χ0v) is 24.9. The van der Waals surface area contributed by atoms with Gasteiger partial charge in [0.15, 0.2) is 11.4 Å². The normalized spacial score (nSPS) is 13.7. The number of hydrogen-bond acceptors (Lipinski definition) is 6. The molecule has 3 N–H and O–H groups in total. The van der Waals surface area contributed by atoms with Crippen LogP contribution >= 0.6 is 11.6 Å². The van der Waals surface area contributed by atoms with Gasteiger partial charge in [0.2, 0.25) is 0 Å². The predicted molar refractivity (Wildman–Crippen MR) is 166 cm³/mol. The third-order valence-corrected chi connectivity index (χ3v) is 8.09. The van der Waals surface area contributed by atoms with Gasteiger partial charge >= 0.3 is 0 Å². The largest absolute Gasteiger partial charge is 0.344 e. The van der Waals surface area contributed by atoms with Gasteiger partial charge in [-0.2, -0.15) is 5.10 Å². The van der Waals surface area contributed by atoms with Crippen molar-refractivity contribution in [2.45, 2.75) is 32.7 Å². The summed E-state index contributed by atoms with van der Waals surface area (Å²) in [6.45, 7) is 3.42. The number of fused-ring (bicyclic) bond motifs is 2. The smallest absolute Gasteiger partial charge is 0.274 e. The molecule has 6 rings (SSSR count). The zero-order chi connectivity index (χ0) is 31.8. The molecule has 0 saturated carbocycles. The number of ketones is 1. The van der Waals surface area contributed by atoms with E-state index in [-0.39, 0.29) is 40.1 Å². The Kier molecular flexibility index (Phi) is 7.86. The fourth-order valence-corrected chi connectivity index (χ4v) is 5.74. The van der Waals surface area contributed by atoms with E-state index in [4.69, 9.17) is 11.6 Å². The lowest BCUT2D eigenvalue weighted by atomic mass is 9.96. The lowest BCUT2D eigenvalue weighted by molar-refractivity contribution is 0.0927. The first-order chi connectivity index (χ1) is 21.6. The minimum absolute atomic E-state index is 0.0111. The molecule has 0 saturated heterocycles. The summed E-state index contributed by atoms with van der Waals surface area (Å²) >= 11 is 6.22. The summed E-state index contributed by atoms with van der Waals surface area (Å²) in [5.41, 5.74) is 3.68. The Morgan fingerprint density at radius 1 is 0.933 bits per heavy atom. The summed E-state index contributed by atoms with van der Waals surface area (Å²) in [5.74, 6) is -2.47. The number of nitrogens with zero attached hydrogens (tertiary/aromatic N) is 3. The number of rotatable bonds is 7. The molecule has 0 spiro atoms. The van der Waals surface area contributed by atoms with E-state index in [9.17, 15) is 23.6 Å². The third-order valence-electron chi connectivity index (χ3n) is 7.76. The molecule has 2 heterocycles. The molecule has 5 aromatic rings. The van der Waals surface area contributed by atoms with Gasteiger partial charge in [-0.05, 0) is 73.7 Å². The molecule has 10 nitrogen and oxygen atoms in total. The van der Waals surface area contributed by atoms with Crippen molar-refractivity contribution >= 4 is 52.1 Å². The molecule has 12 heteroatoms. The fraction of sp³-hybridized carbons (Fsp3) is 0.152. The standard InChI is InChI=1S/C33H26ClFN6O4/c1-17-21(18(2)42)10-11-23-22(17)12-13-26(23)39-33(45)29-15-28(32(44)37-20-7-5-6-19(35)14-20)38-30-24(16-36-41(29)30)31(43)40-27-9-4-3-8-25(27)34/h3-11,14-16,26H,12-13H2,1-2H3,(H,37,44)(H,39,45)(H,40,43)/t26-/m0/s1. The molecule has 0 aliphatic heterocycles. The molecule has 0 unspecified atom stereocenters. The Bertz CT molecular complexity index is 2040. The minimum atomic E-state index is -0.727. The molecular formula is C33H26ClFN6O4. The summed E-state index contributed by atoms with van der Waals surface area (Å²) in [5, 5.41) is 12.9. The maximum Gasteiger partial charge on any atom is 0.274 e. The highest BCUT2D eigenvalue weighted by Gasteiger charge is 2.29. The molecule has 226 valence electrons. The number of anilines is 2. The maximum atomic E-state index is 13.8. The van der Waals surface area contributed by atoms with Crippen molar-refractivity contribution in [1.82, 2.24) is 19.9 Å². The van der Waals surface area contributed by atoms with Gasteiger partial charge in [-0.1, -0.05) is 41.9 Å². The van der Waals surface area contributed by atoms with Crippen LogP contribution in [-0.4, -0.2) is 38.1 Å². The van der Waals surface area contributed by atoms with E-state index in [2.05, 4.69) is 26.0 Å². The molecular weight excluding hydrogens is 599 g/mol. The summed E-state index contributed by atoms with van der Waals surface area (Å²) in [6, 6.07) is 16.5. The minimum Gasteiger partial charge on any atom is -0.344 e. The Balaban J connectivity index is 1.37. The van der Waals surface area contributed by atoms with Crippen molar-refractivity contribution in [3.8, 4) is 0 Å². The van der Waals surface area contributed by atoms with Crippen LogP contribution in [0.4, 0.5) is 15.8 Å². The van der Waals surface area contributed by atoms with Crippen LogP contribution in [-0.2, 0) is 6.42 Å². The van der Waals surface area contributed by atoms with E-state index < -0.39 is 23.5 Å². The molecule has 1 aliphatic carbocycles. The van der Waals surface area contributed by atoms with Crippen molar-refractivity contribution in [2.75, 3.05) is 10.6 Å². The fourth-order valence-electron chi connectivity index (χ4n) is 5.56. The first kappa shape index (κ1) is 29.6. The molecule has 45 heavy (non-hydrogen) atoms. The van der Waals surface area contributed by atoms with Gasteiger partial charge in [0.25, 0.3) is 17.7 Å². The molecule has 2 aromatic heterocycles.